The largest absolute Gasteiger partial charge is 0.472 e. The lowest BCUT2D eigenvalue weighted by Crippen LogP contribution is -2.30. The van der Waals surface area contributed by atoms with Crippen molar-refractivity contribution in [2.75, 3.05) is 39.6 Å². The molecule has 17 nitrogen and oxygen atoms in total. The molecule has 0 aromatic heterocycles. The van der Waals surface area contributed by atoms with Crippen LogP contribution in [0.2, 0.25) is 0 Å². The lowest BCUT2D eigenvalue weighted by atomic mass is 10.0. The van der Waals surface area contributed by atoms with E-state index >= 15 is 0 Å². The van der Waals surface area contributed by atoms with Crippen LogP contribution in [0.1, 0.15) is 383 Å². The molecule has 95 heavy (non-hydrogen) atoms. The molecule has 0 heterocycles. The second-order valence-electron chi connectivity index (χ2n) is 29.3. The first kappa shape index (κ1) is 93.1. The lowest BCUT2D eigenvalue weighted by Gasteiger charge is -2.21. The van der Waals surface area contributed by atoms with Gasteiger partial charge in [-0.3, -0.25) is 37.3 Å². The van der Waals surface area contributed by atoms with Crippen molar-refractivity contribution in [3.8, 4) is 0 Å². The molecule has 0 aromatic rings. The minimum absolute atomic E-state index is 0.101. The summed E-state index contributed by atoms with van der Waals surface area (Å²) in [6.45, 7) is 14.1. The van der Waals surface area contributed by atoms with E-state index in [9.17, 15) is 43.2 Å². The number of unbranched alkanes of at least 4 members (excludes halogenated alkanes) is 39. The molecular formula is C76H148O17P2. The van der Waals surface area contributed by atoms with E-state index in [4.69, 9.17) is 37.0 Å². The van der Waals surface area contributed by atoms with E-state index in [0.29, 0.717) is 31.6 Å². The van der Waals surface area contributed by atoms with Crippen LogP contribution in [0.25, 0.3) is 0 Å². The van der Waals surface area contributed by atoms with Crippen LogP contribution in [0.4, 0.5) is 0 Å². The van der Waals surface area contributed by atoms with E-state index in [1.54, 1.807) is 0 Å². The first-order valence-electron chi connectivity index (χ1n) is 39.2. The molecule has 0 saturated heterocycles. The zero-order valence-corrected chi connectivity index (χ0v) is 64.1. The standard InChI is InChI=1S/C76H148O17P2/c1-66(2)52-44-36-28-22-18-14-11-9-10-12-16-20-24-31-40-48-56-73(78)86-62-71(92-75(80)58-50-42-33-25-21-17-13-15-19-23-29-37-45-53-67(3)4)64-90-94(82,83)88-60-70(77)61-89-95(84,85)91-65-72(93-76(81)59-51-43-35-34-39-47-55-69(7)8)63-87-74(79)57-49-41-32-27-26-30-38-46-54-68(5)6/h66-72,77H,9-65H2,1-8H3,(H,82,83)(H,84,85)/t70?,71-,72-/m1/s1. The zero-order valence-electron chi connectivity index (χ0n) is 62.3. The van der Waals surface area contributed by atoms with Crippen molar-refractivity contribution in [1.29, 1.82) is 0 Å². The van der Waals surface area contributed by atoms with Crippen molar-refractivity contribution in [3.63, 3.8) is 0 Å². The Balaban J connectivity index is 5.20. The third-order valence-corrected chi connectivity index (χ3v) is 19.5. The second kappa shape index (κ2) is 65.4. The van der Waals surface area contributed by atoms with Gasteiger partial charge in [0, 0.05) is 25.7 Å². The van der Waals surface area contributed by atoms with Crippen LogP contribution in [0.5, 0.6) is 0 Å². The second-order valence-corrected chi connectivity index (χ2v) is 32.2. The Labute approximate surface area is 581 Å². The molecule has 5 atom stereocenters. The van der Waals surface area contributed by atoms with Crippen molar-refractivity contribution in [1.82, 2.24) is 0 Å². The SMILES string of the molecule is CC(C)CCCCCCCCCCCCCCCCCCC(=O)OC[C@H](COP(=O)(O)OCC(O)COP(=O)(O)OC[C@@H](COC(=O)CCCCCCCCCCC(C)C)OC(=O)CCCCCCCCC(C)C)OC(=O)CCCCCCCCCCCCCCCC(C)C. The number of carbonyl (C=O) groups excluding carboxylic acids is 4. The average molecular weight is 1400 g/mol. The Hall–Kier alpha value is -1.94. The molecule has 0 fully saturated rings. The first-order valence-corrected chi connectivity index (χ1v) is 42.2. The minimum Gasteiger partial charge on any atom is -0.462 e. The molecule has 0 aromatic carbocycles. The first-order chi connectivity index (χ1) is 45.6. The topological polar surface area (TPSA) is 237 Å². The van der Waals surface area contributed by atoms with E-state index in [1.165, 1.54) is 186 Å². The molecule has 0 aliphatic carbocycles. The predicted octanol–water partition coefficient (Wildman–Crippen LogP) is 22.0. The molecule has 0 bridgehead atoms. The highest BCUT2D eigenvalue weighted by atomic mass is 31.2. The Morgan fingerprint density at radius 1 is 0.263 bits per heavy atom. The van der Waals surface area contributed by atoms with Crippen molar-refractivity contribution in [3.05, 3.63) is 0 Å². The third kappa shape index (κ3) is 70.3. The highest BCUT2D eigenvalue weighted by Gasteiger charge is 2.30. The van der Waals surface area contributed by atoms with E-state index < -0.39 is 97.5 Å². The molecule has 3 N–H and O–H groups in total. The van der Waals surface area contributed by atoms with Gasteiger partial charge in [0.15, 0.2) is 12.2 Å². The summed E-state index contributed by atoms with van der Waals surface area (Å²) in [5.41, 5.74) is 0. The van der Waals surface area contributed by atoms with Gasteiger partial charge in [0.05, 0.1) is 26.4 Å². The van der Waals surface area contributed by atoms with Crippen molar-refractivity contribution in [2.45, 2.75) is 401 Å². The van der Waals surface area contributed by atoms with Gasteiger partial charge >= 0.3 is 39.5 Å². The number of rotatable bonds is 73. The number of phosphoric ester groups is 2. The van der Waals surface area contributed by atoms with Gasteiger partial charge in [0.25, 0.3) is 0 Å². The molecule has 0 spiro atoms. The zero-order chi connectivity index (χ0) is 70.3. The van der Waals surface area contributed by atoms with Gasteiger partial charge in [-0.1, -0.05) is 331 Å². The Kier molecular flexibility index (Phi) is 64.0. The molecule has 564 valence electrons. The van der Waals surface area contributed by atoms with Gasteiger partial charge < -0.3 is 33.8 Å². The minimum atomic E-state index is -4.96. The summed E-state index contributed by atoms with van der Waals surface area (Å²) in [6.07, 6.45) is 50.3. The number of ether oxygens (including phenoxy) is 4. The monoisotopic (exact) mass is 1400 g/mol. The van der Waals surface area contributed by atoms with Crippen LogP contribution in [-0.4, -0.2) is 96.7 Å². The lowest BCUT2D eigenvalue weighted by molar-refractivity contribution is -0.161. The van der Waals surface area contributed by atoms with E-state index in [-0.39, 0.29) is 25.7 Å². The van der Waals surface area contributed by atoms with Crippen molar-refractivity contribution >= 4 is 39.5 Å². The van der Waals surface area contributed by atoms with Crippen molar-refractivity contribution < 1.29 is 80.2 Å². The Morgan fingerprint density at radius 3 is 0.653 bits per heavy atom. The van der Waals surface area contributed by atoms with E-state index in [0.717, 1.165) is 108 Å². The number of hydrogen-bond donors (Lipinski definition) is 3. The summed E-state index contributed by atoms with van der Waals surface area (Å²) in [4.78, 5) is 72.7. The van der Waals surface area contributed by atoms with Crippen molar-refractivity contribution in [2.24, 2.45) is 23.7 Å². The summed E-state index contributed by atoms with van der Waals surface area (Å²) in [5, 5.41) is 10.6. The van der Waals surface area contributed by atoms with Crippen LogP contribution in [0.3, 0.4) is 0 Å². The fraction of sp³-hybridized carbons (Fsp3) is 0.947. The predicted molar refractivity (Wildman–Crippen MR) is 386 cm³/mol. The van der Waals surface area contributed by atoms with E-state index in [2.05, 4.69) is 55.4 Å². The fourth-order valence-electron chi connectivity index (χ4n) is 11.6. The van der Waals surface area contributed by atoms with Crippen LogP contribution in [0.15, 0.2) is 0 Å². The van der Waals surface area contributed by atoms with Crippen LogP contribution >= 0.6 is 15.6 Å². The molecule has 0 radical (unpaired) electrons. The van der Waals surface area contributed by atoms with Gasteiger partial charge in [0.2, 0.25) is 0 Å². The summed E-state index contributed by atoms with van der Waals surface area (Å²) >= 11 is 0. The summed E-state index contributed by atoms with van der Waals surface area (Å²) in [7, 11) is -9.91. The van der Waals surface area contributed by atoms with Gasteiger partial charge in [-0.2, -0.15) is 0 Å². The molecule has 0 rings (SSSR count). The quantitative estimate of drug-likeness (QED) is 0.0222. The van der Waals surface area contributed by atoms with E-state index in [1.807, 2.05) is 0 Å². The number of esters is 4. The molecular weight excluding hydrogens is 1250 g/mol. The smallest absolute Gasteiger partial charge is 0.462 e. The number of carbonyl (C=O) groups is 4. The Morgan fingerprint density at radius 2 is 0.442 bits per heavy atom. The number of aliphatic hydroxyl groups excluding tert-OH is 1. The van der Waals surface area contributed by atoms with Gasteiger partial charge in [0.1, 0.15) is 19.3 Å². The molecule has 0 aliphatic rings. The molecule has 0 saturated carbocycles. The van der Waals surface area contributed by atoms with Gasteiger partial charge in [-0.25, -0.2) is 9.13 Å². The average Bonchev–Trinajstić information content (AvgIpc) is 1.97. The molecule has 0 aliphatic heterocycles. The summed E-state index contributed by atoms with van der Waals surface area (Å²) < 4.78 is 68.4. The normalized spacial score (nSPS) is 14.1. The van der Waals surface area contributed by atoms with Gasteiger partial charge in [-0.05, 0) is 49.4 Å². The fourth-order valence-corrected chi connectivity index (χ4v) is 13.1. The molecule has 19 heteroatoms. The highest BCUT2D eigenvalue weighted by molar-refractivity contribution is 7.47. The van der Waals surface area contributed by atoms with Crippen LogP contribution in [0, 0.1) is 23.7 Å². The summed E-state index contributed by atoms with van der Waals surface area (Å²) in [6, 6.07) is 0. The Bertz CT molecular complexity index is 1870. The van der Waals surface area contributed by atoms with Crippen LogP contribution in [-0.2, 0) is 65.4 Å². The number of phosphoric acid groups is 2. The maximum Gasteiger partial charge on any atom is 0.472 e. The highest BCUT2D eigenvalue weighted by Crippen LogP contribution is 2.45. The number of hydrogen-bond acceptors (Lipinski definition) is 15. The maximum atomic E-state index is 13.1. The van der Waals surface area contributed by atoms with Gasteiger partial charge in [-0.15, -0.1) is 0 Å². The van der Waals surface area contributed by atoms with Crippen LogP contribution < -0.4 is 0 Å². The summed E-state index contributed by atoms with van der Waals surface area (Å²) in [5.74, 6) is 0.869. The number of aliphatic hydroxyl groups is 1. The third-order valence-electron chi connectivity index (χ3n) is 17.6. The molecule has 3 unspecified atom stereocenters. The maximum absolute atomic E-state index is 13.1. The molecule has 0 amide bonds.